The number of aliphatic hydroxyl groups excluding tert-OH is 1. The SMILES string of the molecule is C=C1C[C@@H](CC#N)[C@H](O)C/C1=C/C=C1\CCC[C@@]2(C)C1CCC2[C@@H](C)CCCC(C)(C)O. The van der Waals surface area contributed by atoms with E-state index in [0.29, 0.717) is 30.1 Å². The minimum Gasteiger partial charge on any atom is -0.392 e. The van der Waals surface area contributed by atoms with Crippen molar-refractivity contribution >= 4 is 0 Å². The van der Waals surface area contributed by atoms with Crippen molar-refractivity contribution in [2.24, 2.45) is 29.1 Å². The van der Waals surface area contributed by atoms with Crippen molar-refractivity contribution in [2.45, 2.75) is 110 Å². The van der Waals surface area contributed by atoms with E-state index in [4.69, 9.17) is 5.26 Å². The van der Waals surface area contributed by atoms with Gasteiger partial charge in [-0.1, -0.05) is 56.6 Å². The Kier molecular flexibility index (Phi) is 8.11. The molecule has 0 spiro atoms. The van der Waals surface area contributed by atoms with Crippen molar-refractivity contribution in [1.29, 1.82) is 5.26 Å². The molecule has 0 saturated heterocycles. The predicted octanol–water partition coefficient (Wildman–Crippen LogP) is 6.87. The van der Waals surface area contributed by atoms with E-state index in [1.807, 2.05) is 13.8 Å². The number of allylic oxidation sites excluding steroid dienone is 4. The average molecular weight is 440 g/mol. The molecule has 0 aromatic heterocycles. The smallest absolute Gasteiger partial charge is 0.0625 e. The van der Waals surface area contributed by atoms with Crippen LogP contribution in [0.3, 0.4) is 0 Å². The van der Waals surface area contributed by atoms with E-state index in [9.17, 15) is 10.2 Å². The Balaban J connectivity index is 1.68. The first kappa shape index (κ1) is 25.3. The van der Waals surface area contributed by atoms with Gasteiger partial charge in [0.15, 0.2) is 0 Å². The Morgan fingerprint density at radius 2 is 2.03 bits per heavy atom. The molecule has 3 aliphatic carbocycles. The van der Waals surface area contributed by atoms with Gasteiger partial charge in [-0.2, -0.15) is 5.26 Å². The Morgan fingerprint density at radius 3 is 2.72 bits per heavy atom. The van der Waals surface area contributed by atoms with Crippen LogP contribution in [-0.4, -0.2) is 21.9 Å². The van der Waals surface area contributed by atoms with E-state index in [1.54, 1.807) is 5.57 Å². The van der Waals surface area contributed by atoms with E-state index in [0.717, 1.165) is 30.8 Å². The summed E-state index contributed by atoms with van der Waals surface area (Å²) in [5.74, 6) is 2.17. The Morgan fingerprint density at radius 1 is 1.28 bits per heavy atom. The summed E-state index contributed by atoms with van der Waals surface area (Å²) >= 11 is 0. The van der Waals surface area contributed by atoms with Crippen LogP contribution in [0, 0.1) is 40.4 Å². The summed E-state index contributed by atoms with van der Waals surface area (Å²) in [7, 11) is 0. The first-order valence-corrected chi connectivity index (χ1v) is 12.9. The third-order valence-corrected chi connectivity index (χ3v) is 8.96. The zero-order valence-electron chi connectivity index (χ0n) is 20.9. The van der Waals surface area contributed by atoms with Crippen LogP contribution in [-0.2, 0) is 0 Å². The summed E-state index contributed by atoms with van der Waals surface area (Å²) in [6, 6.07) is 2.20. The number of fused-ring (bicyclic) bond motifs is 1. The van der Waals surface area contributed by atoms with E-state index in [2.05, 4.69) is 38.6 Å². The summed E-state index contributed by atoms with van der Waals surface area (Å²) in [4.78, 5) is 0. The van der Waals surface area contributed by atoms with Gasteiger partial charge in [0, 0.05) is 12.3 Å². The third-order valence-electron chi connectivity index (χ3n) is 8.96. The van der Waals surface area contributed by atoms with Gasteiger partial charge in [0.25, 0.3) is 0 Å². The van der Waals surface area contributed by atoms with Crippen molar-refractivity contribution < 1.29 is 10.2 Å². The van der Waals surface area contributed by atoms with Gasteiger partial charge in [0.05, 0.1) is 17.8 Å². The van der Waals surface area contributed by atoms with Crippen molar-refractivity contribution in [3.8, 4) is 6.07 Å². The zero-order chi connectivity index (χ0) is 23.5. The summed E-state index contributed by atoms with van der Waals surface area (Å²) in [5.41, 5.74) is 3.69. The molecule has 0 radical (unpaired) electrons. The second kappa shape index (κ2) is 10.3. The van der Waals surface area contributed by atoms with E-state index in [-0.39, 0.29) is 5.92 Å². The summed E-state index contributed by atoms with van der Waals surface area (Å²) in [5, 5.41) is 29.5. The molecule has 0 bridgehead atoms. The van der Waals surface area contributed by atoms with Gasteiger partial charge >= 0.3 is 0 Å². The third kappa shape index (κ3) is 5.75. The summed E-state index contributed by atoms with van der Waals surface area (Å²) < 4.78 is 0. The lowest BCUT2D eigenvalue weighted by molar-refractivity contribution is 0.0596. The molecule has 32 heavy (non-hydrogen) atoms. The molecule has 3 heteroatoms. The number of hydrogen-bond acceptors (Lipinski definition) is 3. The van der Waals surface area contributed by atoms with Crippen LogP contribution >= 0.6 is 0 Å². The maximum atomic E-state index is 10.5. The van der Waals surface area contributed by atoms with Crippen LogP contribution in [0.2, 0.25) is 0 Å². The molecule has 0 aliphatic heterocycles. The number of aliphatic hydroxyl groups is 2. The molecular weight excluding hydrogens is 394 g/mol. The first-order chi connectivity index (χ1) is 15.0. The fraction of sp³-hybridized carbons (Fsp3) is 0.759. The molecule has 3 aliphatic rings. The first-order valence-electron chi connectivity index (χ1n) is 12.9. The normalized spacial score (nSPS) is 36.8. The lowest BCUT2D eigenvalue weighted by Gasteiger charge is -2.44. The van der Waals surface area contributed by atoms with Crippen LogP contribution in [0.1, 0.15) is 98.3 Å². The molecular formula is C29H45NO2. The highest BCUT2D eigenvalue weighted by atomic mass is 16.3. The van der Waals surface area contributed by atoms with Gasteiger partial charge in [0.1, 0.15) is 0 Å². The van der Waals surface area contributed by atoms with Crippen LogP contribution in [0.25, 0.3) is 0 Å². The lowest BCUT2D eigenvalue weighted by atomic mass is 9.60. The topological polar surface area (TPSA) is 64.2 Å². The molecule has 6 atom stereocenters. The highest BCUT2D eigenvalue weighted by Gasteiger charge is 2.50. The summed E-state index contributed by atoms with van der Waals surface area (Å²) in [6.07, 6.45) is 15.5. The molecule has 3 fully saturated rings. The monoisotopic (exact) mass is 439 g/mol. The van der Waals surface area contributed by atoms with Gasteiger partial charge < -0.3 is 10.2 Å². The molecule has 2 N–H and O–H groups in total. The maximum Gasteiger partial charge on any atom is 0.0625 e. The Labute approximate surface area is 196 Å². The molecule has 2 unspecified atom stereocenters. The second-order valence-corrected chi connectivity index (χ2v) is 11.9. The predicted molar refractivity (Wildman–Crippen MR) is 132 cm³/mol. The van der Waals surface area contributed by atoms with Gasteiger partial charge in [-0.05, 0) is 94.0 Å². The fourth-order valence-corrected chi connectivity index (χ4v) is 7.11. The largest absolute Gasteiger partial charge is 0.392 e. The van der Waals surface area contributed by atoms with Gasteiger partial charge in [-0.3, -0.25) is 0 Å². The van der Waals surface area contributed by atoms with Crippen molar-refractivity contribution in [1.82, 2.24) is 0 Å². The van der Waals surface area contributed by atoms with Crippen molar-refractivity contribution in [3.05, 3.63) is 35.5 Å². The highest BCUT2D eigenvalue weighted by molar-refractivity contribution is 5.37. The van der Waals surface area contributed by atoms with Crippen molar-refractivity contribution in [3.63, 3.8) is 0 Å². The van der Waals surface area contributed by atoms with Crippen molar-refractivity contribution in [2.75, 3.05) is 0 Å². The highest BCUT2D eigenvalue weighted by Crippen LogP contribution is 2.60. The van der Waals surface area contributed by atoms with E-state index >= 15 is 0 Å². The minimum atomic E-state index is -0.554. The number of nitrogens with zero attached hydrogens (tertiary/aromatic N) is 1. The zero-order valence-corrected chi connectivity index (χ0v) is 20.9. The van der Waals surface area contributed by atoms with E-state index in [1.165, 1.54) is 44.1 Å². The molecule has 3 saturated carbocycles. The van der Waals surface area contributed by atoms with Crippen LogP contribution < -0.4 is 0 Å². The standard InChI is InChI=1S/C29H45NO2/c1-20(8-6-15-28(3,4)32)25-12-13-26-22(9-7-16-29(25,26)5)10-11-23-19-27(31)24(14-17-30)18-21(23)2/h10-11,20,24-27,31-32H,2,6-9,12-16,18-19H2,1,3-5H3/b22-10+,23-11-/t20-,24+,25?,26?,27+,29+/m0/s1. The molecule has 178 valence electrons. The fourth-order valence-electron chi connectivity index (χ4n) is 7.11. The number of hydrogen-bond donors (Lipinski definition) is 2. The second-order valence-electron chi connectivity index (χ2n) is 11.9. The van der Waals surface area contributed by atoms with Gasteiger partial charge in [0.2, 0.25) is 0 Å². The van der Waals surface area contributed by atoms with Crippen LogP contribution in [0.4, 0.5) is 0 Å². The molecule has 0 heterocycles. The molecule has 3 nitrogen and oxygen atoms in total. The minimum absolute atomic E-state index is 0.0313. The number of nitriles is 1. The van der Waals surface area contributed by atoms with Gasteiger partial charge in [-0.25, -0.2) is 0 Å². The Bertz CT molecular complexity index is 780. The summed E-state index contributed by atoms with van der Waals surface area (Å²) in [6.45, 7) is 13.1. The number of rotatable bonds is 7. The van der Waals surface area contributed by atoms with E-state index < -0.39 is 11.7 Å². The van der Waals surface area contributed by atoms with Crippen LogP contribution in [0.5, 0.6) is 0 Å². The quantitative estimate of drug-likeness (QED) is 0.455. The van der Waals surface area contributed by atoms with Crippen LogP contribution in [0.15, 0.2) is 35.5 Å². The molecule has 0 aromatic rings. The van der Waals surface area contributed by atoms with Gasteiger partial charge in [-0.15, -0.1) is 0 Å². The Hall–Kier alpha value is -1.37. The lowest BCUT2D eigenvalue weighted by Crippen LogP contribution is -2.36. The molecule has 0 aromatic carbocycles. The average Bonchev–Trinajstić information content (AvgIpc) is 3.06. The maximum absolute atomic E-state index is 10.5. The molecule has 3 rings (SSSR count). The molecule has 0 amide bonds.